The van der Waals surface area contributed by atoms with Crippen LogP contribution in [0.15, 0.2) is 54.1 Å². The number of anilines is 1. The number of carbonyl (C=O) groups excluding carboxylic acids is 2. The Morgan fingerprint density at radius 1 is 1.16 bits per heavy atom. The van der Waals surface area contributed by atoms with E-state index in [0.717, 1.165) is 18.1 Å². The lowest BCUT2D eigenvalue weighted by molar-refractivity contribution is -0.158. The number of rotatable bonds is 9. The van der Waals surface area contributed by atoms with Crippen LogP contribution >= 0.6 is 11.6 Å². The molecule has 1 saturated heterocycles. The van der Waals surface area contributed by atoms with Gasteiger partial charge in [-0.25, -0.2) is 19.4 Å². The van der Waals surface area contributed by atoms with Gasteiger partial charge in [-0.15, -0.1) is 0 Å². The maximum atomic E-state index is 15.5. The molecule has 15 heteroatoms. The van der Waals surface area contributed by atoms with Gasteiger partial charge in [-0.1, -0.05) is 38.4 Å². The molecule has 2 aliphatic rings. The smallest absolute Gasteiger partial charge is 0.277 e. The third-order valence-electron chi connectivity index (χ3n) is 8.27. The summed E-state index contributed by atoms with van der Waals surface area (Å²) >= 11 is 6.24. The van der Waals surface area contributed by atoms with Gasteiger partial charge in [-0.05, 0) is 29.7 Å². The predicted octanol–water partition coefficient (Wildman–Crippen LogP) is 4.71. The summed E-state index contributed by atoms with van der Waals surface area (Å²) < 4.78 is 41.5. The van der Waals surface area contributed by atoms with Gasteiger partial charge in [0, 0.05) is 48.9 Å². The Morgan fingerprint density at radius 3 is 2.59 bits per heavy atom. The first-order valence-electron chi connectivity index (χ1n) is 15.5. The van der Waals surface area contributed by atoms with Crippen molar-refractivity contribution >= 4 is 29.1 Å². The Morgan fingerprint density at radius 2 is 1.90 bits per heavy atom. The number of nitrogens with zero attached hydrogens (tertiary/aromatic N) is 6. The molecular formula is C34H36ClF2N7O5. The summed E-state index contributed by atoms with van der Waals surface area (Å²) in [6.07, 6.45) is 1.19. The number of aromatic nitrogens is 2. The van der Waals surface area contributed by atoms with Crippen molar-refractivity contribution in [2.75, 3.05) is 51.8 Å². The van der Waals surface area contributed by atoms with Crippen LogP contribution in [0.3, 0.4) is 0 Å². The molecule has 0 aliphatic carbocycles. The number of nitriles is 1. The lowest BCUT2D eigenvalue weighted by Crippen LogP contribution is -2.59. The van der Waals surface area contributed by atoms with Crippen molar-refractivity contribution in [2.45, 2.75) is 33.4 Å². The van der Waals surface area contributed by atoms with Gasteiger partial charge in [0.2, 0.25) is 5.82 Å². The molecule has 1 unspecified atom stereocenters. The predicted molar refractivity (Wildman–Crippen MR) is 176 cm³/mol. The number of amides is 2. The number of halogens is 3. The van der Waals surface area contributed by atoms with Crippen LogP contribution in [0.2, 0.25) is 5.02 Å². The van der Waals surface area contributed by atoms with E-state index < -0.39 is 52.8 Å². The average molecular weight is 696 g/mol. The third kappa shape index (κ3) is 7.81. The molecule has 49 heavy (non-hydrogen) atoms. The molecule has 0 saturated carbocycles. The minimum atomic E-state index is -1.20. The molecular weight excluding hydrogens is 660 g/mol. The molecule has 12 nitrogen and oxygen atoms in total. The fraction of sp³-hybridized carbons (Fsp3) is 0.382. The first-order valence-corrected chi connectivity index (χ1v) is 15.9. The minimum absolute atomic E-state index is 0.0769. The molecule has 2 amide bonds. The Balaban J connectivity index is 1.42. The van der Waals surface area contributed by atoms with Crippen LogP contribution in [-0.2, 0) is 20.9 Å². The summed E-state index contributed by atoms with van der Waals surface area (Å²) in [5, 5.41) is 26.2. The molecule has 0 spiro atoms. The van der Waals surface area contributed by atoms with Crippen LogP contribution in [0.1, 0.15) is 32.0 Å². The van der Waals surface area contributed by atoms with E-state index in [1.165, 1.54) is 54.8 Å². The summed E-state index contributed by atoms with van der Waals surface area (Å²) in [5.41, 5.74) is -0.613. The van der Waals surface area contributed by atoms with Crippen LogP contribution in [0.4, 0.5) is 14.5 Å². The van der Waals surface area contributed by atoms with Crippen LogP contribution in [0.25, 0.3) is 11.3 Å². The van der Waals surface area contributed by atoms with Crippen LogP contribution in [0, 0.1) is 28.4 Å². The molecule has 0 bridgehead atoms. The van der Waals surface area contributed by atoms with Gasteiger partial charge in [0.1, 0.15) is 36.0 Å². The van der Waals surface area contributed by atoms with Crippen LogP contribution < -0.4 is 10.1 Å². The first kappa shape index (κ1) is 35.6. The monoisotopic (exact) mass is 695 g/mol. The highest BCUT2D eigenvalue weighted by Gasteiger charge is 2.46. The SMILES string of the molecule is CN1C(C(C)(C)C)C(O)=C(C(=O)Nc2ccc(Cl)cc2-c2cc(C#N)ncn2)C(=O)N1Cc1ccc(OCCN2CCOCC2)c(F)c1F. The zero-order valence-electron chi connectivity index (χ0n) is 27.5. The highest BCUT2D eigenvalue weighted by molar-refractivity contribution is 6.31. The molecule has 258 valence electrons. The van der Waals surface area contributed by atoms with Gasteiger partial charge in [0.15, 0.2) is 11.6 Å². The second-order valence-electron chi connectivity index (χ2n) is 12.7. The Bertz CT molecular complexity index is 1820. The van der Waals surface area contributed by atoms with Gasteiger partial charge < -0.3 is 19.9 Å². The van der Waals surface area contributed by atoms with Crippen molar-refractivity contribution in [2.24, 2.45) is 5.41 Å². The van der Waals surface area contributed by atoms with Gasteiger partial charge in [-0.3, -0.25) is 19.5 Å². The molecule has 3 heterocycles. The summed E-state index contributed by atoms with van der Waals surface area (Å²) in [5.74, 6) is -5.04. The number of aliphatic hydroxyl groups excluding tert-OH is 1. The number of benzene rings is 2. The second kappa shape index (κ2) is 14.8. The van der Waals surface area contributed by atoms with Crippen molar-refractivity contribution in [1.29, 1.82) is 5.26 Å². The van der Waals surface area contributed by atoms with E-state index in [4.69, 9.17) is 21.1 Å². The number of nitrogens with one attached hydrogen (secondary N) is 1. The molecule has 1 fully saturated rings. The Hall–Kier alpha value is -4.68. The second-order valence-corrected chi connectivity index (χ2v) is 13.1. The summed E-state index contributed by atoms with van der Waals surface area (Å²) in [6, 6.07) is 9.56. The number of ether oxygens (including phenoxy) is 2. The topological polar surface area (TPSA) is 144 Å². The molecule has 5 rings (SSSR count). The highest BCUT2D eigenvalue weighted by atomic mass is 35.5. The molecule has 2 aromatic carbocycles. The largest absolute Gasteiger partial charge is 0.509 e. The first-order chi connectivity index (χ1) is 23.3. The quantitative estimate of drug-likeness (QED) is 0.302. The summed E-state index contributed by atoms with van der Waals surface area (Å²) in [4.78, 5) is 38.0. The Labute approximate surface area is 287 Å². The minimum Gasteiger partial charge on any atom is -0.509 e. The number of carbonyl (C=O) groups is 2. The maximum absolute atomic E-state index is 15.5. The fourth-order valence-electron chi connectivity index (χ4n) is 5.87. The van der Waals surface area contributed by atoms with Crippen LogP contribution in [-0.4, -0.2) is 94.4 Å². The van der Waals surface area contributed by atoms with E-state index in [9.17, 15) is 20.0 Å². The van der Waals surface area contributed by atoms with Crippen LogP contribution in [0.5, 0.6) is 5.75 Å². The Kier molecular flexibility index (Phi) is 10.8. The van der Waals surface area contributed by atoms with E-state index in [1.54, 1.807) is 20.8 Å². The van der Waals surface area contributed by atoms with Crippen molar-refractivity contribution in [1.82, 2.24) is 24.9 Å². The number of morpholine rings is 1. The lowest BCUT2D eigenvalue weighted by atomic mass is 9.82. The van der Waals surface area contributed by atoms with Crippen molar-refractivity contribution in [3.05, 3.63) is 82.0 Å². The van der Waals surface area contributed by atoms with Crippen molar-refractivity contribution < 1.29 is 33.0 Å². The van der Waals surface area contributed by atoms with E-state index >= 15 is 8.78 Å². The molecule has 2 N–H and O–H groups in total. The standard InChI is InChI=1S/C34H36ClF2N7O5/c1-34(2,3)31-30(45)27(32(46)41-24-7-6-21(35)15-23(24)25-16-22(17-38)39-19-40-25)33(47)44(42(31)4)18-20-5-8-26(29(37)28(20)36)49-14-11-43-9-12-48-13-10-43/h5-8,15-16,19,31,45H,9-14,18H2,1-4H3,(H,41,46). The van der Waals surface area contributed by atoms with Gasteiger partial charge >= 0.3 is 0 Å². The van der Waals surface area contributed by atoms with E-state index in [0.29, 0.717) is 30.3 Å². The number of aliphatic hydroxyl groups is 1. The summed E-state index contributed by atoms with van der Waals surface area (Å²) in [7, 11) is 1.52. The maximum Gasteiger partial charge on any atom is 0.277 e. The lowest BCUT2D eigenvalue weighted by Gasteiger charge is -2.46. The highest BCUT2D eigenvalue weighted by Crippen LogP contribution is 2.37. The number of likely N-dealkylation sites (N-methyl/N-ethyl adjacent to an activating group) is 1. The summed E-state index contributed by atoms with van der Waals surface area (Å²) in [6.45, 7) is 8.27. The normalized spacial score (nSPS) is 17.6. The zero-order chi connectivity index (χ0) is 35.5. The molecule has 1 aromatic heterocycles. The molecule has 3 aromatic rings. The number of hydrogen-bond donors (Lipinski definition) is 2. The number of hydrazine groups is 1. The van der Waals surface area contributed by atoms with Gasteiger partial charge in [0.05, 0.1) is 37.2 Å². The van der Waals surface area contributed by atoms with E-state index in [2.05, 4.69) is 20.2 Å². The molecule has 2 aliphatic heterocycles. The average Bonchev–Trinajstić information content (AvgIpc) is 3.06. The zero-order valence-corrected chi connectivity index (χ0v) is 28.2. The van der Waals surface area contributed by atoms with Crippen molar-refractivity contribution in [3.63, 3.8) is 0 Å². The molecule has 1 atom stereocenters. The van der Waals surface area contributed by atoms with E-state index in [-0.39, 0.29) is 35.0 Å². The van der Waals surface area contributed by atoms with Gasteiger partial charge in [-0.2, -0.15) is 9.65 Å². The van der Waals surface area contributed by atoms with E-state index in [1.807, 2.05) is 6.07 Å². The third-order valence-corrected chi connectivity index (χ3v) is 8.50. The molecule has 0 radical (unpaired) electrons. The number of hydrogen-bond acceptors (Lipinski definition) is 10. The van der Waals surface area contributed by atoms with Gasteiger partial charge in [0.25, 0.3) is 11.8 Å². The van der Waals surface area contributed by atoms with Crippen molar-refractivity contribution in [3.8, 4) is 23.1 Å². The fourth-order valence-corrected chi connectivity index (χ4v) is 6.04.